The Balaban J connectivity index is 2.76. The zero-order chi connectivity index (χ0) is 12.1. The number of hydrogen-bond acceptors (Lipinski definition) is 5. The number of aryl methyl sites for hydroxylation is 1. The van der Waals surface area contributed by atoms with E-state index in [1.54, 1.807) is 20.2 Å². The monoisotopic (exact) mass is 224 g/mol. The molecule has 1 heterocycles. The molecule has 90 valence electrons. The van der Waals surface area contributed by atoms with Crippen LogP contribution in [-0.2, 0) is 0 Å². The van der Waals surface area contributed by atoms with Gasteiger partial charge in [-0.25, -0.2) is 4.98 Å². The van der Waals surface area contributed by atoms with Crippen molar-refractivity contribution in [3.63, 3.8) is 0 Å². The molecule has 0 aliphatic rings. The van der Waals surface area contributed by atoms with Gasteiger partial charge in [-0.15, -0.1) is 0 Å². The topological polar surface area (TPSA) is 61.3 Å². The minimum atomic E-state index is -0.284. The highest BCUT2D eigenvalue weighted by Gasteiger charge is 2.09. The van der Waals surface area contributed by atoms with E-state index in [2.05, 4.69) is 15.3 Å². The zero-order valence-corrected chi connectivity index (χ0v) is 10.4. The largest absolute Gasteiger partial charge is 0.393 e. The van der Waals surface area contributed by atoms with Crippen molar-refractivity contribution in [2.45, 2.75) is 26.4 Å². The molecule has 0 aromatic carbocycles. The van der Waals surface area contributed by atoms with Gasteiger partial charge in [0.25, 0.3) is 0 Å². The quantitative estimate of drug-likeness (QED) is 0.782. The van der Waals surface area contributed by atoms with Crippen LogP contribution in [0.2, 0.25) is 0 Å². The molecule has 1 rings (SSSR count). The predicted molar refractivity (Wildman–Crippen MR) is 65.9 cm³/mol. The number of aromatic nitrogens is 2. The third-order valence-corrected chi connectivity index (χ3v) is 2.41. The Morgan fingerprint density at radius 3 is 2.81 bits per heavy atom. The van der Waals surface area contributed by atoms with Gasteiger partial charge in [0.1, 0.15) is 5.82 Å². The molecule has 0 fully saturated rings. The lowest BCUT2D eigenvalue weighted by atomic mass is 10.2. The number of aliphatic hydroxyl groups excluding tert-OH is 1. The highest BCUT2D eigenvalue weighted by Crippen LogP contribution is 2.16. The first-order valence-electron chi connectivity index (χ1n) is 5.45. The second kappa shape index (κ2) is 5.65. The summed E-state index contributed by atoms with van der Waals surface area (Å²) in [6.45, 7) is 4.55. The average Bonchev–Trinajstić information content (AvgIpc) is 2.26. The second-order valence-corrected chi connectivity index (χ2v) is 4.01. The molecular weight excluding hydrogens is 204 g/mol. The van der Waals surface area contributed by atoms with Crippen molar-refractivity contribution >= 4 is 11.8 Å². The Kier molecular flexibility index (Phi) is 4.49. The van der Waals surface area contributed by atoms with Gasteiger partial charge in [0, 0.05) is 32.4 Å². The van der Waals surface area contributed by atoms with Gasteiger partial charge in [0.05, 0.1) is 6.10 Å². The molecule has 0 bridgehead atoms. The third-order valence-electron chi connectivity index (χ3n) is 2.41. The molecule has 5 nitrogen and oxygen atoms in total. The molecule has 0 saturated carbocycles. The van der Waals surface area contributed by atoms with E-state index in [4.69, 9.17) is 0 Å². The summed E-state index contributed by atoms with van der Waals surface area (Å²) in [7, 11) is 3.77. The van der Waals surface area contributed by atoms with Crippen molar-refractivity contribution in [3.05, 3.63) is 11.8 Å². The Morgan fingerprint density at radius 1 is 1.56 bits per heavy atom. The van der Waals surface area contributed by atoms with E-state index < -0.39 is 0 Å². The van der Waals surface area contributed by atoms with Gasteiger partial charge in [-0.2, -0.15) is 4.98 Å². The summed E-state index contributed by atoms with van der Waals surface area (Å²) in [5, 5.41) is 12.2. The van der Waals surface area contributed by atoms with Crippen LogP contribution >= 0.6 is 0 Å². The lowest BCUT2D eigenvalue weighted by molar-refractivity contribution is 0.187. The van der Waals surface area contributed by atoms with Crippen LogP contribution < -0.4 is 10.2 Å². The van der Waals surface area contributed by atoms with E-state index >= 15 is 0 Å². The minimum Gasteiger partial charge on any atom is -0.393 e. The highest BCUT2D eigenvalue weighted by atomic mass is 16.3. The first-order valence-corrected chi connectivity index (χ1v) is 5.45. The number of aliphatic hydroxyl groups is 1. The maximum absolute atomic E-state index is 9.25. The number of rotatable bonds is 5. The molecule has 0 saturated heterocycles. The molecule has 1 aromatic heterocycles. The van der Waals surface area contributed by atoms with Gasteiger partial charge >= 0.3 is 0 Å². The molecular formula is C11H20N4O. The lowest BCUT2D eigenvalue weighted by Gasteiger charge is -2.21. The van der Waals surface area contributed by atoms with Crippen molar-refractivity contribution < 1.29 is 5.11 Å². The summed E-state index contributed by atoms with van der Waals surface area (Å²) in [6.07, 6.45) is 2.25. The van der Waals surface area contributed by atoms with Crippen LogP contribution in [0.5, 0.6) is 0 Å². The zero-order valence-electron chi connectivity index (χ0n) is 10.4. The summed E-state index contributed by atoms with van der Waals surface area (Å²) in [6, 6.07) is 0. The Morgan fingerprint density at radius 2 is 2.25 bits per heavy atom. The molecule has 1 unspecified atom stereocenters. The smallest absolute Gasteiger partial charge is 0.224 e. The van der Waals surface area contributed by atoms with Crippen molar-refractivity contribution in [3.8, 4) is 0 Å². The molecule has 0 aliphatic carbocycles. The molecule has 0 aliphatic heterocycles. The molecule has 1 atom stereocenters. The fourth-order valence-electron chi connectivity index (χ4n) is 1.43. The van der Waals surface area contributed by atoms with Crippen LogP contribution in [0.25, 0.3) is 0 Å². The number of hydrogen-bond donors (Lipinski definition) is 2. The summed E-state index contributed by atoms with van der Waals surface area (Å²) in [5.41, 5.74) is 1.03. The summed E-state index contributed by atoms with van der Waals surface area (Å²) in [5.74, 6) is 1.52. The third kappa shape index (κ3) is 3.34. The maximum Gasteiger partial charge on any atom is 0.224 e. The van der Waals surface area contributed by atoms with E-state index in [0.717, 1.165) is 24.3 Å². The van der Waals surface area contributed by atoms with E-state index in [9.17, 15) is 5.11 Å². The van der Waals surface area contributed by atoms with Crippen LogP contribution in [0.4, 0.5) is 11.8 Å². The van der Waals surface area contributed by atoms with E-state index in [1.165, 1.54) is 0 Å². The van der Waals surface area contributed by atoms with E-state index in [1.807, 2.05) is 18.9 Å². The Bertz CT molecular complexity index is 341. The summed E-state index contributed by atoms with van der Waals surface area (Å²) >= 11 is 0. The van der Waals surface area contributed by atoms with Crippen LogP contribution in [0.3, 0.4) is 0 Å². The van der Waals surface area contributed by atoms with Crippen molar-refractivity contribution in [1.82, 2.24) is 9.97 Å². The molecule has 2 N–H and O–H groups in total. The lowest BCUT2D eigenvalue weighted by Crippen LogP contribution is -2.24. The van der Waals surface area contributed by atoms with Gasteiger partial charge < -0.3 is 15.3 Å². The maximum atomic E-state index is 9.25. The SMILES string of the molecule is CNc1ncc(C)c(N(C)CCC(C)O)n1. The molecule has 16 heavy (non-hydrogen) atoms. The highest BCUT2D eigenvalue weighted by molar-refractivity contribution is 5.48. The number of nitrogens with zero attached hydrogens (tertiary/aromatic N) is 3. The van der Waals surface area contributed by atoms with Gasteiger partial charge in [0.2, 0.25) is 5.95 Å². The van der Waals surface area contributed by atoms with Crippen molar-refractivity contribution in [2.24, 2.45) is 0 Å². The Hall–Kier alpha value is -1.36. The second-order valence-electron chi connectivity index (χ2n) is 4.01. The van der Waals surface area contributed by atoms with Crippen LogP contribution in [0.15, 0.2) is 6.20 Å². The number of anilines is 2. The fourth-order valence-corrected chi connectivity index (χ4v) is 1.43. The Labute approximate surface area is 96.5 Å². The van der Waals surface area contributed by atoms with Crippen LogP contribution in [-0.4, -0.2) is 41.8 Å². The fraction of sp³-hybridized carbons (Fsp3) is 0.636. The summed E-state index contributed by atoms with van der Waals surface area (Å²) in [4.78, 5) is 10.6. The first kappa shape index (κ1) is 12.7. The van der Waals surface area contributed by atoms with E-state index in [0.29, 0.717) is 5.95 Å². The molecule has 0 amide bonds. The average molecular weight is 224 g/mol. The predicted octanol–water partition coefficient (Wildman–Crippen LogP) is 1.03. The van der Waals surface area contributed by atoms with Gasteiger partial charge in [0.15, 0.2) is 0 Å². The molecule has 5 heteroatoms. The van der Waals surface area contributed by atoms with Crippen molar-refractivity contribution in [2.75, 3.05) is 30.9 Å². The van der Waals surface area contributed by atoms with Crippen LogP contribution in [0.1, 0.15) is 18.9 Å². The molecule has 0 radical (unpaired) electrons. The summed E-state index contributed by atoms with van der Waals surface area (Å²) < 4.78 is 0. The molecule has 1 aromatic rings. The number of nitrogens with one attached hydrogen (secondary N) is 1. The minimum absolute atomic E-state index is 0.284. The standard InChI is InChI=1S/C11H20N4O/c1-8-7-13-11(12-3)14-10(8)15(4)6-5-9(2)16/h7,9,16H,5-6H2,1-4H3,(H,12,13,14). The first-order chi connectivity index (χ1) is 7.54. The van der Waals surface area contributed by atoms with Gasteiger partial charge in [-0.3, -0.25) is 0 Å². The van der Waals surface area contributed by atoms with Gasteiger partial charge in [-0.05, 0) is 20.3 Å². The normalized spacial score (nSPS) is 12.3. The molecule has 0 spiro atoms. The van der Waals surface area contributed by atoms with Gasteiger partial charge in [-0.1, -0.05) is 0 Å². The van der Waals surface area contributed by atoms with Crippen LogP contribution in [0, 0.1) is 6.92 Å². The van der Waals surface area contributed by atoms with Crippen molar-refractivity contribution in [1.29, 1.82) is 0 Å². The van der Waals surface area contributed by atoms with E-state index in [-0.39, 0.29) is 6.10 Å².